The molecule has 0 saturated carbocycles. The van der Waals surface area contributed by atoms with E-state index in [-0.39, 0.29) is 12.5 Å². The van der Waals surface area contributed by atoms with E-state index >= 15 is 0 Å². The molecule has 0 aliphatic rings. The number of carbonyl (C=O) groups excluding carboxylic acids is 1. The monoisotopic (exact) mass is 1110 g/mol. The Labute approximate surface area is 499 Å². The highest BCUT2D eigenvalue weighted by Gasteiger charge is 2.18. The van der Waals surface area contributed by atoms with Gasteiger partial charge in [-0.25, -0.2) is 0 Å². The lowest BCUT2D eigenvalue weighted by molar-refractivity contribution is -0.123. The molecule has 0 fully saturated rings. The molecule has 0 radical (unpaired) electrons. The molecule has 0 spiro atoms. The van der Waals surface area contributed by atoms with Gasteiger partial charge in [-0.1, -0.05) is 360 Å². The predicted molar refractivity (Wildman–Crippen MR) is 359 cm³/mol. The number of allylic oxidation sites excluding steroid dienone is 19. The Morgan fingerprint density at radius 3 is 0.825 bits per heavy atom. The Morgan fingerprint density at radius 1 is 0.312 bits per heavy atom. The van der Waals surface area contributed by atoms with Gasteiger partial charge < -0.3 is 15.5 Å². The second kappa shape index (κ2) is 70.1. The van der Waals surface area contributed by atoms with Crippen molar-refractivity contribution < 1.29 is 15.0 Å². The summed E-state index contributed by atoms with van der Waals surface area (Å²) in [5.74, 6) is -0.0678. The van der Waals surface area contributed by atoms with E-state index in [1.165, 1.54) is 231 Å². The summed E-state index contributed by atoms with van der Waals surface area (Å²) in [7, 11) is 0. The molecule has 4 heteroatoms. The smallest absolute Gasteiger partial charge is 0.220 e. The van der Waals surface area contributed by atoms with Crippen molar-refractivity contribution in [3.63, 3.8) is 0 Å². The van der Waals surface area contributed by atoms with Crippen LogP contribution in [0.15, 0.2) is 122 Å². The second-order valence-corrected chi connectivity index (χ2v) is 23.2. The first-order chi connectivity index (χ1) is 39.7. The van der Waals surface area contributed by atoms with Crippen LogP contribution in [-0.4, -0.2) is 34.9 Å². The normalized spacial score (nSPS) is 13.5. The third kappa shape index (κ3) is 65.6. The number of aliphatic hydroxyl groups excluding tert-OH is 2. The molecule has 2 atom stereocenters. The summed E-state index contributed by atoms with van der Waals surface area (Å²) in [6, 6.07) is -0.633. The highest BCUT2D eigenvalue weighted by atomic mass is 16.3. The van der Waals surface area contributed by atoms with Gasteiger partial charge >= 0.3 is 0 Å². The van der Waals surface area contributed by atoms with Crippen LogP contribution in [0.5, 0.6) is 0 Å². The molecule has 3 N–H and O–H groups in total. The predicted octanol–water partition coefficient (Wildman–Crippen LogP) is 23.9. The third-order valence-electron chi connectivity index (χ3n) is 15.5. The fourth-order valence-corrected chi connectivity index (χ4v) is 10.2. The van der Waals surface area contributed by atoms with Crippen molar-refractivity contribution in [1.29, 1.82) is 0 Å². The number of hydrogen-bond acceptors (Lipinski definition) is 3. The molecule has 0 aromatic heterocycles. The number of nitrogens with one attached hydrogen (secondary N) is 1. The van der Waals surface area contributed by atoms with Crippen LogP contribution in [-0.2, 0) is 4.79 Å². The fraction of sp³-hybridized carbons (Fsp3) is 0.724. The minimum absolute atomic E-state index is 0.0678. The van der Waals surface area contributed by atoms with Crippen LogP contribution in [0.2, 0.25) is 0 Å². The minimum Gasteiger partial charge on any atom is -0.394 e. The maximum absolute atomic E-state index is 12.5. The van der Waals surface area contributed by atoms with E-state index in [1.807, 2.05) is 6.08 Å². The quantitative estimate of drug-likeness (QED) is 0.0420. The summed E-state index contributed by atoms with van der Waals surface area (Å²) in [4.78, 5) is 12.5. The van der Waals surface area contributed by atoms with E-state index < -0.39 is 12.1 Å². The molecule has 0 rings (SSSR count). The number of amides is 1. The van der Waals surface area contributed by atoms with Crippen LogP contribution in [0.4, 0.5) is 0 Å². The molecule has 0 aromatic rings. The summed E-state index contributed by atoms with van der Waals surface area (Å²) in [6.07, 6.45) is 107. The van der Waals surface area contributed by atoms with Crippen LogP contribution in [0, 0.1) is 0 Å². The lowest BCUT2D eigenvalue weighted by atomic mass is 10.0. The van der Waals surface area contributed by atoms with Gasteiger partial charge in [-0.2, -0.15) is 0 Å². The van der Waals surface area contributed by atoms with Gasteiger partial charge in [0.05, 0.1) is 18.8 Å². The third-order valence-corrected chi connectivity index (χ3v) is 15.5. The molecule has 80 heavy (non-hydrogen) atoms. The topological polar surface area (TPSA) is 69.6 Å². The number of hydrogen-bond donors (Lipinski definition) is 3. The van der Waals surface area contributed by atoms with Gasteiger partial charge in [0.15, 0.2) is 0 Å². The first-order valence-corrected chi connectivity index (χ1v) is 34.7. The Bertz CT molecular complexity index is 1540. The number of carbonyl (C=O) groups is 1. The van der Waals surface area contributed by atoms with Gasteiger partial charge in [-0.05, 0) is 89.9 Å². The van der Waals surface area contributed by atoms with Gasteiger partial charge in [0.25, 0.3) is 0 Å². The zero-order chi connectivity index (χ0) is 57.6. The van der Waals surface area contributed by atoms with E-state index in [2.05, 4.69) is 129 Å². The van der Waals surface area contributed by atoms with E-state index in [4.69, 9.17) is 0 Å². The van der Waals surface area contributed by atoms with Crippen LogP contribution in [0.3, 0.4) is 0 Å². The van der Waals surface area contributed by atoms with Crippen molar-refractivity contribution in [3.8, 4) is 0 Å². The molecule has 0 bridgehead atoms. The van der Waals surface area contributed by atoms with Crippen molar-refractivity contribution >= 4 is 5.91 Å². The molecule has 4 nitrogen and oxygen atoms in total. The number of aliphatic hydroxyl groups is 2. The zero-order valence-electron chi connectivity index (χ0n) is 53.1. The van der Waals surface area contributed by atoms with E-state index in [9.17, 15) is 15.0 Å². The van der Waals surface area contributed by atoms with Gasteiger partial charge in [-0.15, -0.1) is 0 Å². The second-order valence-electron chi connectivity index (χ2n) is 23.2. The standard InChI is InChI=1S/C76H133NO3/c1-3-5-7-9-11-13-15-17-19-21-23-25-27-29-31-33-34-35-36-37-38-39-40-41-42-44-46-48-50-52-54-56-58-60-62-64-66-68-70-72-76(80)77-74(73-78)75(79)71-69-67-65-63-61-59-57-55-53-51-49-47-45-43-32-30-28-26-24-22-20-18-16-14-12-10-8-6-4-2/h5,7,11,13,17,19,23,25,29,31,34-35,37-38,40-41,44,46,69,71,74-75,78-79H,3-4,6,8-10,12,14-16,18,20-22,24,26-28,30,32-33,36,39,42-43,45,47-68,70,72-73H2,1-2H3,(H,77,80)/b7-5-,13-11-,19-17-,25-23-,31-29-,35-34-,38-37-,41-40-,46-44-,71-69+. The molecule has 0 aliphatic carbocycles. The molecule has 0 aliphatic heterocycles. The van der Waals surface area contributed by atoms with Crippen LogP contribution < -0.4 is 5.32 Å². The van der Waals surface area contributed by atoms with E-state index in [0.717, 1.165) is 83.5 Å². The molecule has 0 aromatic carbocycles. The Balaban J connectivity index is 3.54. The highest BCUT2D eigenvalue weighted by molar-refractivity contribution is 5.76. The summed E-state index contributed by atoms with van der Waals surface area (Å²) < 4.78 is 0. The van der Waals surface area contributed by atoms with E-state index in [1.54, 1.807) is 6.08 Å². The average molecular weight is 1110 g/mol. The molecule has 2 unspecified atom stereocenters. The van der Waals surface area contributed by atoms with Crippen molar-refractivity contribution in [1.82, 2.24) is 5.32 Å². The average Bonchev–Trinajstić information content (AvgIpc) is 3.46. The van der Waals surface area contributed by atoms with Gasteiger partial charge in [0, 0.05) is 6.42 Å². The molecule has 0 saturated heterocycles. The minimum atomic E-state index is -0.850. The molecule has 0 heterocycles. The van der Waals surface area contributed by atoms with Crippen LogP contribution in [0.25, 0.3) is 0 Å². The van der Waals surface area contributed by atoms with Crippen LogP contribution in [0.1, 0.15) is 335 Å². The Hall–Kier alpha value is -3.21. The van der Waals surface area contributed by atoms with Crippen molar-refractivity contribution in [2.24, 2.45) is 0 Å². The lowest BCUT2D eigenvalue weighted by Gasteiger charge is -2.20. The SMILES string of the molecule is CC/C=C\C/C=C\C/C=C\C/C=C\C/C=C\C/C=C\C/C=C\C/C=C\C/C=C\CCCCCCCCCCCCCC(=O)NC(CO)C(O)/C=C/CCCCCCCCCCCCCCCCCCCCCCCCCCCCC. The first kappa shape index (κ1) is 76.8. The number of unbranched alkanes of at least 4 members (excludes halogenated alkanes) is 38. The van der Waals surface area contributed by atoms with Crippen molar-refractivity contribution in [2.75, 3.05) is 6.61 Å². The van der Waals surface area contributed by atoms with E-state index in [0.29, 0.717) is 6.42 Å². The Morgan fingerprint density at radius 2 is 0.550 bits per heavy atom. The van der Waals surface area contributed by atoms with Crippen LogP contribution >= 0.6 is 0 Å². The molecule has 1 amide bonds. The first-order valence-electron chi connectivity index (χ1n) is 34.7. The summed E-state index contributed by atoms with van der Waals surface area (Å²) in [5.41, 5.74) is 0. The van der Waals surface area contributed by atoms with Gasteiger partial charge in [0.2, 0.25) is 5.91 Å². The summed E-state index contributed by atoms with van der Waals surface area (Å²) >= 11 is 0. The van der Waals surface area contributed by atoms with Crippen molar-refractivity contribution in [3.05, 3.63) is 122 Å². The number of rotatable bonds is 63. The molecule has 460 valence electrons. The largest absolute Gasteiger partial charge is 0.394 e. The maximum atomic E-state index is 12.5. The maximum Gasteiger partial charge on any atom is 0.220 e. The van der Waals surface area contributed by atoms with Gasteiger partial charge in [0.1, 0.15) is 0 Å². The Kier molecular flexibility index (Phi) is 67.2. The lowest BCUT2D eigenvalue weighted by Crippen LogP contribution is -2.45. The molecular formula is C76H133NO3. The molecular weight excluding hydrogens is 975 g/mol. The summed E-state index contributed by atoms with van der Waals surface area (Å²) in [6.45, 7) is 4.22. The van der Waals surface area contributed by atoms with Crippen molar-refractivity contribution in [2.45, 2.75) is 347 Å². The van der Waals surface area contributed by atoms with Gasteiger partial charge in [-0.3, -0.25) is 4.79 Å². The fourth-order valence-electron chi connectivity index (χ4n) is 10.2. The zero-order valence-corrected chi connectivity index (χ0v) is 53.1. The highest BCUT2D eigenvalue weighted by Crippen LogP contribution is 2.18. The summed E-state index contributed by atoms with van der Waals surface area (Å²) in [5, 5.41) is 23.3.